The monoisotopic (exact) mass is 619 g/mol. The third-order valence-electron chi connectivity index (χ3n) is 6.96. The predicted molar refractivity (Wildman–Crippen MR) is 131 cm³/mol. The first-order chi connectivity index (χ1) is 19.0. The van der Waals surface area contributed by atoms with E-state index in [0.29, 0.717) is 26.1 Å². The summed E-state index contributed by atoms with van der Waals surface area (Å²) < 4.78 is 149. The molecule has 16 heteroatoms. The molecule has 4 rings (SSSR count). The molecular weight excluding hydrogens is 593 g/mol. The molecule has 2 aliphatic rings. The van der Waals surface area contributed by atoms with Crippen LogP contribution in [0.5, 0.6) is 5.75 Å². The van der Waals surface area contributed by atoms with Crippen molar-refractivity contribution in [3.05, 3.63) is 58.7 Å². The van der Waals surface area contributed by atoms with Crippen LogP contribution in [0.3, 0.4) is 0 Å². The minimum Gasteiger partial charge on any atom is -0.380 e. The zero-order valence-electron chi connectivity index (χ0n) is 21.5. The van der Waals surface area contributed by atoms with Gasteiger partial charge in [-0.1, -0.05) is 6.07 Å². The van der Waals surface area contributed by atoms with Crippen molar-refractivity contribution in [2.24, 2.45) is 0 Å². The van der Waals surface area contributed by atoms with Crippen molar-refractivity contribution in [2.75, 3.05) is 38.2 Å². The van der Waals surface area contributed by atoms with E-state index in [0.717, 1.165) is 35.2 Å². The summed E-state index contributed by atoms with van der Waals surface area (Å²) in [6.45, 7) is 0.868. The van der Waals surface area contributed by atoms with Gasteiger partial charge >= 0.3 is 21.8 Å². The molecule has 6 nitrogen and oxygen atoms in total. The average Bonchev–Trinajstić information content (AvgIpc) is 2.80. The third-order valence-corrected chi connectivity index (χ3v) is 7.94. The maximum absolute atomic E-state index is 15.5. The number of nitrogens with one attached hydrogen (secondary N) is 1. The molecule has 0 amide bonds. The van der Waals surface area contributed by atoms with Crippen molar-refractivity contribution >= 4 is 15.8 Å². The largest absolute Gasteiger partial charge is 0.534 e. The van der Waals surface area contributed by atoms with Crippen molar-refractivity contribution < 1.29 is 52.1 Å². The van der Waals surface area contributed by atoms with Gasteiger partial charge in [0.25, 0.3) is 0 Å². The van der Waals surface area contributed by atoms with Crippen LogP contribution in [-0.4, -0.2) is 74.8 Å². The zero-order valence-corrected chi connectivity index (χ0v) is 22.3. The lowest BCUT2D eigenvalue weighted by molar-refractivity contribution is -0.155. The van der Waals surface area contributed by atoms with Gasteiger partial charge in [0, 0.05) is 36.9 Å². The van der Waals surface area contributed by atoms with Gasteiger partial charge in [-0.05, 0) is 55.2 Å². The molecule has 2 aliphatic heterocycles. The zero-order chi connectivity index (χ0) is 30.3. The summed E-state index contributed by atoms with van der Waals surface area (Å²) in [5, 5.41) is 2.94. The van der Waals surface area contributed by atoms with Crippen LogP contribution in [0.15, 0.2) is 30.3 Å². The molecule has 0 bridgehead atoms. The van der Waals surface area contributed by atoms with Gasteiger partial charge in [-0.15, -0.1) is 0 Å². The predicted octanol–water partition coefficient (Wildman–Crippen LogP) is 5.55. The maximum Gasteiger partial charge on any atom is 0.534 e. The summed E-state index contributed by atoms with van der Waals surface area (Å²) >= 11 is 0. The minimum atomic E-state index is -6.03. The normalized spacial score (nSPS) is 20.9. The second-order valence-corrected chi connectivity index (χ2v) is 11.6. The highest BCUT2D eigenvalue weighted by atomic mass is 32.2. The van der Waals surface area contributed by atoms with Crippen LogP contribution in [0, 0.1) is 11.6 Å². The fourth-order valence-corrected chi connectivity index (χ4v) is 5.64. The SMILES string of the molecule is CC1Cc2cc(OS(=O)(=O)C(F)(F)F)ccc2C(c2c(F)cc(NC3CN(CCCF)C3)cc2F)N1CC(F)(F)F. The van der Waals surface area contributed by atoms with Crippen LogP contribution in [0.2, 0.25) is 0 Å². The standard InChI is InChI=1S/C25H26F9N3O3S/c1-14-7-15-8-18(40-41(38,39)25(32,33)34)3-4-19(15)23(37(14)13-24(29,30)31)22-20(27)9-16(10-21(22)28)35-17-11-36(12-17)6-2-5-26/h3-4,8-10,14,17,23,35H,2,5-7,11-13H2,1H3. The molecule has 0 spiro atoms. The molecule has 2 heterocycles. The van der Waals surface area contributed by atoms with E-state index in [1.54, 1.807) is 0 Å². The van der Waals surface area contributed by atoms with Crippen molar-refractivity contribution in [3.63, 3.8) is 0 Å². The van der Waals surface area contributed by atoms with E-state index in [4.69, 9.17) is 0 Å². The van der Waals surface area contributed by atoms with E-state index < -0.39 is 70.1 Å². The Kier molecular flexibility index (Phi) is 8.77. The lowest BCUT2D eigenvalue weighted by Gasteiger charge is -2.43. The number of rotatable bonds is 9. The molecule has 41 heavy (non-hydrogen) atoms. The second-order valence-electron chi connectivity index (χ2n) is 10.1. The Bertz CT molecular complexity index is 1340. The quantitative estimate of drug-likeness (QED) is 0.226. The molecule has 2 unspecified atom stereocenters. The minimum absolute atomic E-state index is 0.0476. The van der Waals surface area contributed by atoms with Gasteiger partial charge in [0.05, 0.1) is 25.3 Å². The first kappa shape index (κ1) is 31.2. The van der Waals surface area contributed by atoms with Gasteiger partial charge in [-0.2, -0.15) is 34.8 Å². The van der Waals surface area contributed by atoms with Crippen LogP contribution in [0.4, 0.5) is 45.2 Å². The highest BCUT2D eigenvalue weighted by Gasteiger charge is 2.49. The molecule has 0 radical (unpaired) electrons. The third kappa shape index (κ3) is 7.02. The molecule has 1 saturated heterocycles. The number of nitrogens with zero attached hydrogens (tertiary/aromatic N) is 2. The first-order valence-electron chi connectivity index (χ1n) is 12.5. The molecule has 2 aromatic carbocycles. The van der Waals surface area contributed by atoms with Crippen molar-refractivity contribution in [2.45, 2.75) is 49.6 Å². The van der Waals surface area contributed by atoms with E-state index in [9.17, 15) is 39.2 Å². The fourth-order valence-electron chi connectivity index (χ4n) is 5.19. The summed E-state index contributed by atoms with van der Waals surface area (Å²) in [5.74, 6) is -3.06. The van der Waals surface area contributed by atoms with Crippen molar-refractivity contribution in [1.29, 1.82) is 0 Å². The highest BCUT2D eigenvalue weighted by Crippen LogP contribution is 2.43. The van der Waals surface area contributed by atoms with Crippen LogP contribution >= 0.6 is 0 Å². The van der Waals surface area contributed by atoms with Crippen LogP contribution in [-0.2, 0) is 16.5 Å². The Hall–Kier alpha value is -2.72. The summed E-state index contributed by atoms with van der Waals surface area (Å²) in [4.78, 5) is 2.77. The van der Waals surface area contributed by atoms with Crippen LogP contribution in [0.25, 0.3) is 0 Å². The molecule has 1 N–H and O–H groups in total. The number of benzene rings is 2. The number of anilines is 1. The van der Waals surface area contributed by atoms with E-state index in [1.165, 1.54) is 6.92 Å². The molecular formula is C25H26F9N3O3S. The second kappa shape index (κ2) is 11.5. The molecule has 2 aromatic rings. The Morgan fingerprint density at radius 3 is 2.22 bits per heavy atom. The van der Waals surface area contributed by atoms with Gasteiger partial charge in [0.1, 0.15) is 17.4 Å². The average molecular weight is 620 g/mol. The molecule has 0 aliphatic carbocycles. The highest BCUT2D eigenvalue weighted by molar-refractivity contribution is 7.88. The van der Waals surface area contributed by atoms with E-state index >= 15 is 8.78 Å². The molecule has 1 fully saturated rings. The molecule has 0 aromatic heterocycles. The Labute approximate surface area is 230 Å². The van der Waals surface area contributed by atoms with Gasteiger partial charge in [-0.25, -0.2) is 8.78 Å². The number of hydrogen-bond acceptors (Lipinski definition) is 6. The van der Waals surface area contributed by atoms with E-state index in [2.05, 4.69) is 9.50 Å². The van der Waals surface area contributed by atoms with Gasteiger partial charge < -0.3 is 9.50 Å². The van der Waals surface area contributed by atoms with Crippen LogP contribution in [0.1, 0.15) is 36.1 Å². The van der Waals surface area contributed by atoms with Crippen molar-refractivity contribution in [1.82, 2.24) is 9.80 Å². The Morgan fingerprint density at radius 2 is 1.66 bits per heavy atom. The number of alkyl halides is 7. The summed E-state index contributed by atoms with van der Waals surface area (Å²) in [7, 11) is -6.03. The number of halogens is 9. The fraction of sp³-hybridized carbons (Fsp3) is 0.520. The topological polar surface area (TPSA) is 61.9 Å². The Balaban J connectivity index is 1.68. The van der Waals surface area contributed by atoms with E-state index in [1.807, 2.05) is 4.90 Å². The van der Waals surface area contributed by atoms with Gasteiger partial charge in [0.2, 0.25) is 0 Å². The summed E-state index contributed by atoms with van der Waals surface area (Å²) in [6.07, 6.45) is -4.61. The molecule has 0 saturated carbocycles. The molecule has 228 valence electrons. The maximum atomic E-state index is 15.5. The van der Waals surface area contributed by atoms with Gasteiger partial charge in [-0.3, -0.25) is 14.2 Å². The molecule has 2 atom stereocenters. The Morgan fingerprint density at radius 1 is 1.02 bits per heavy atom. The summed E-state index contributed by atoms with van der Waals surface area (Å²) in [5.41, 5.74) is -6.37. The first-order valence-corrected chi connectivity index (χ1v) is 13.9. The number of hydrogen-bond donors (Lipinski definition) is 1. The van der Waals surface area contributed by atoms with Crippen LogP contribution < -0.4 is 9.50 Å². The lowest BCUT2D eigenvalue weighted by atomic mass is 9.84. The lowest BCUT2D eigenvalue weighted by Crippen LogP contribution is -2.54. The smallest absolute Gasteiger partial charge is 0.380 e. The van der Waals surface area contributed by atoms with Gasteiger partial charge in [0.15, 0.2) is 0 Å². The summed E-state index contributed by atoms with van der Waals surface area (Å²) in [6, 6.07) is 1.76. The van der Waals surface area contributed by atoms with E-state index in [-0.39, 0.29) is 29.3 Å². The van der Waals surface area contributed by atoms with Crippen molar-refractivity contribution in [3.8, 4) is 5.75 Å². The number of likely N-dealkylation sites (tertiary alicyclic amines) is 1. The number of fused-ring (bicyclic) bond motifs is 1.